The normalized spacial score (nSPS) is 15.2. The van der Waals surface area contributed by atoms with E-state index in [1.807, 2.05) is 30.3 Å². The molecule has 32 heavy (non-hydrogen) atoms. The Morgan fingerprint density at radius 3 is 2.53 bits per heavy atom. The molecule has 7 heteroatoms. The van der Waals surface area contributed by atoms with Crippen molar-refractivity contribution in [2.24, 2.45) is 0 Å². The number of ether oxygens (including phenoxy) is 1. The highest BCUT2D eigenvalue weighted by Crippen LogP contribution is 2.27. The number of piperidine rings is 1. The van der Waals surface area contributed by atoms with Gasteiger partial charge in [0, 0.05) is 17.7 Å². The van der Waals surface area contributed by atoms with Gasteiger partial charge in [-0.1, -0.05) is 42.8 Å². The van der Waals surface area contributed by atoms with Crippen molar-refractivity contribution in [3.63, 3.8) is 0 Å². The van der Waals surface area contributed by atoms with Crippen LogP contribution in [0.15, 0.2) is 57.7 Å². The summed E-state index contributed by atoms with van der Waals surface area (Å²) in [5.41, 5.74) is 1.45. The van der Waals surface area contributed by atoms with Gasteiger partial charge in [0.2, 0.25) is 0 Å². The smallest absolute Gasteiger partial charge is 0.342 e. The van der Waals surface area contributed by atoms with Gasteiger partial charge in [-0.2, -0.15) is 0 Å². The molecule has 170 valence electrons. The highest BCUT2D eigenvalue weighted by Gasteiger charge is 2.21. The first-order valence-corrected chi connectivity index (χ1v) is 10.7. The van der Waals surface area contributed by atoms with E-state index in [0.717, 1.165) is 31.5 Å². The zero-order valence-corrected chi connectivity index (χ0v) is 18.9. The monoisotopic (exact) mass is 457 g/mol. The Balaban J connectivity index is 0.00000289. The van der Waals surface area contributed by atoms with E-state index < -0.39 is 12.1 Å². The molecule has 1 unspecified atom stereocenters. The second kappa shape index (κ2) is 10.8. The minimum absolute atomic E-state index is 0. The Morgan fingerprint density at radius 2 is 1.81 bits per heavy atom. The Bertz CT molecular complexity index is 1120. The van der Waals surface area contributed by atoms with Crippen molar-refractivity contribution in [1.29, 1.82) is 0 Å². The molecule has 3 aromatic rings. The van der Waals surface area contributed by atoms with Crippen LogP contribution in [0, 0.1) is 6.92 Å². The molecule has 0 bridgehead atoms. The van der Waals surface area contributed by atoms with E-state index in [1.165, 1.54) is 6.42 Å². The first-order chi connectivity index (χ1) is 15.0. The summed E-state index contributed by atoms with van der Waals surface area (Å²) in [6, 6.07) is 14.2. The van der Waals surface area contributed by atoms with Gasteiger partial charge in [-0.3, -0.25) is 4.79 Å². The van der Waals surface area contributed by atoms with E-state index in [4.69, 9.17) is 9.15 Å². The number of rotatable bonds is 6. The Hall–Kier alpha value is -2.67. The van der Waals surface area contributed by atoms with E-state index >= 15 is 0 Å². The summed E-state index contributed by atoms with van der Waals surface area (Å²) in [6.45, 7) is 4.01. The number of aliphatic hydroxyl groups excluding tert-OH is 1. The van der Waals surface area contributed by atoms with Crippen molar-refractivity contribution in [1.82, 2.24) is 4.90 Å². The molecule has 1 aliphatic rings. The number of esters is 1. The summed E-state index contributed by atoms with van der Waals surface area (Å²) in [5, 5.41) is 10.6. The van der Waals surface area contributed by atoms with Gasteiger partial charge in [0.05, 0.1) is 5.39 Å². The summed E-state index contributed by atoms with van der Waals surface area (Å²) < 4.78 is 11.4. The third-order valence-electron chi connectivity index (χ3n) is 5.73. The average Bonchev–Trinajstić information content (AvgIpc) is 2.80. The molecule has 1 saturated heterocycles. The molecule has 1 aromatic heterocycles. The SMILES string of the molecule is Cc1c(-c2ccccc2)oc2c(C(=O)OCC(O)CN3CCCCC3)cccc2c1=O.Cl. The molecular weight excluding hydrogens is 430 g/mol. The molecule has 2 heterocycles. The van der Waals surface area contributed by atoms with E-state index in [0.29, 0.717) is 23.3 Å². The fraction of sp³-hybridized carbons (Fsp3) is 0.360. The number of hydrogen-bond donors (Lipinski definition) is 1. The van der Waals surface area contributed by atoms with E-state index in [2.05, 4.69) is 4.90 Å². The maximum atomic E-state index is 12.9. The molecule has 0 amide bonds. The number of hydrogen-bond acceptors (Lipinski definition) is 6. The summed E-state index contributed by atoms with van der Waals surface area (Å²) in [5.74, 6) is -0.183. The van der Waals surface area contributed by atoms with Crippen molar-refractivity contribution < 1.29 is 19.1 Å². The number of benzene rings is 2. The summed E-state index contributed by atoms with van der Waals surface area (Å²) >= 11 is 0. The molecule has 0 spiro atoms. The number of fused-ring (bicyclic) bond motifs is 1. The zero-order chi connectivity index (χ0) is 21.8. The number of carbonyl (C=O) groups is 1. The van der Waals surface area contributed by atoms with E-state index in [9.17, 15) is 14.7 Å². The van der Waals surface area contributed by atoms with Crippen LogP contribution in [-0.4, -0.2) is 48.3 Å². The molecule has 0 radical (unpaired) electrons. The van der Waals surface area contributed by atoms with Gasteiger partial charge >= 0.3 is 5.97 Å². The molecular formula is C25H28ClNO5. The molecule has 0 saturated carbocycles. The quantitative estimate of drug-likeness (QED) is 0.559. The average molecular weight is 458 g/mol. The lowest BCUT2D eigenvalue weighted by Crippen LogP contribution is -2.38. The lowest BCUT2D eigenvalue weighted by molar-refractivity contribution is 0.0139. The van der Waals surface area contributed by atoms with Crippen LogP contribution >= 0.6 is 12.4 Å². The van der Waals surface area contributed by atoms with E-state index in [-0.39, 0.29) is 35.6 Å². The molecule has 6 nitrogen and oxygen atoms in total. The summed E-state index contributed by atoms with van der Waals surface area (Å²) in [4.78, 5) is 27.9. The van der Waals surface area contributed by atoms with E-state index in [1.54, 1.807) is 25.1 Å². The molecule has 1 N–H and O–H groups in total. The van der Waals surface area contributed by atoms with Gasteiger partial charge in [-0.15, -0.1) is 12.4 Å². The third-order valence-corrected chi connectivity index (χ3v) is 5.73. The Labute approximate surface area is 193 Å². The molecule has 1 aliphatic heterocycles. The van der Waals surface area contributed by atoms with Crippen LogP contribution in [0.1, 0.15) is 35.2 Å². The summed E-state index contributed by atoms with van der Waals surface area (Å²) in [7, 11) is 0. The maximum absolute atomic E-state index is 12.9. The molecule has 2 aromatic carbocycles. The van der Waals surface area contributed by atoms with Gasteiger partial charge in [0.1, 0.15) is 24.0 Å². The Kier molecular flexibility index (Phi) is 8.07. The van der Waals surface area contributed by atoms with Crippen LogP contribution < -0.4 is 5.43 Å². The van der Waals surface area contributed by atoms with Crippen LogP contribution in [0.25, 0.3) is 22.3 Å². The lowest BCUT2D eigenvalue weighted by Gasteiger charge is -2.28. The highest BCUT2D eigenvalue weighted by molar-refractivity contribution is 6.02. The standard InChI is InChI=1S/C25H27NO5.ClH/c1-17-22(28)20-11-8-12-21(24(20)31-23(17)18-9-4-2-5-10-18)25(29)30-16-19(27)15-26-13-6-3-7-14-26;/h2,4-5,8-12,19,27H,3,6-7,13-16H2,1H3;1H. The van der Waals surface area contributed by atoms with Gasteiger partial charge < -0.3 is 19.2 Å². The van der Waals surface area contributed by atoms with Crippen molar-refractivity contribution in [3.05, 3.63) is 69.9 Å². The third kappa shape index (κ3) is 5.21. The van der Waals surface area contributed by atoms with Crippen LogP contribution in [0.2, 0.25) is 0 Å². The number of para-hydroxylation sites is 1. The predicted octanol–water partition coefficient (Wildman–Crippen LogP) is 4.19. The number of likely N-dealkylation sites (tertiary alicyclic amines) is 1. The lowest BCUT2D eigenvalue weighted by atomic mass is 10.0. The topological polar surface area (TPSA) is 80.0 Å². The fourth-order valence-electron chi connectivity index (χ4n) is 4.08. The predicted molar refractivity (Wildman–Crippen MR) is 126 cm³/mol. The van der Waals surface area contributed by atoms with Crippen molar-refractivity contribution in [2.45, 2.75) is 32.3 Å². The second-order valence-electron chi connectivity index (χ2n) is 8.05. The van der Waals surface area contributed by atoms with Crippen molar-refractivity contribution in [3.8, 4) is 11.3 Å². The zero-order valence-electron chi connectivity index (χ0n) is 18.1. The minimum Gasteiger partial charge on any atom is -0.459 e. The molecule has 1 fully saturated rings. The molecule has 0 aliphatic carbocycles. The molecule has 4 rings (SSSR count). The van der Waals surface area contributed by atoms with Gasteiger partial charge in [-0.05, 0) is 45.0 Å². The summed E-state index contributed by atoms with van der Waals surface area (Å²) in [6.07, 6.45) is 2.72. The van der Waals surface area contributed by atoms with Crippen LogP contribution in [0.4, 0.5) is 0 Å². The fourth-order valence-corrected chi connectivity index (χ4v) is 4.08. The van der Waals surface area contributed by atoms with Crippen LogP contribution in [0.3, 0.4) is 0 Å². The largest absolute Gasteiger partial charge is 0.459 e. The maximum Gasteiger partial charge on any atom is 0.342 e. The number of halogens is 1. The first kappa shape index (κ1) is 24.0. The highest BCUT2D eigenvalue weighted by atomic mass is 35.5. The van der Waals surface area contributed by atoms with Crippen molar-refractivity contribution in [2.75, 3.05) is 26.2 Å². The number of β-amino-alcohol motifs (C(OH)–C–C–N with tert-alkyl or cyclic N) is 1. The van der Waals surface area contributed by atoms with Gasteiger partial charge in [0.25, 0.3) is 0 Å². The van der Waals surface area contributed by atoms with Gasteiger partial charge in [0.15, 0.2) is 11.0 Å². The Morgan fingerprint density at radius 1 is 1.09 bits per heavy atom. The first-order valence-electron chi connectivity index (χ1n) is 10.7. The van der Waals surface area contributed by atoms with Gasteiger partial charge in [-0.25, -0.2) is 4.79 Å². The second-order valence-corrected chi connectivity index (χ2v) is 8.05. The van der Waals surface area contributed by atoms with Crippen LogP contribution in [0.5, 0.6) is 0 Å². The number of nitrogens with zero attached hydrogens (tertiary/aromatic N) is 1. The molecule has 1 atom stereocenters. The van der Waals surface area contributed by atoms with Crippen LogP contribution in [-0.2, 0) is 4.74 Å². The minimum atomic E-state index is -0.758. The number of aliphatic hydroxyl groups is 1. The number of carbonyl (C=O) groups excluding carboxylic acids is 1. The van der Waals surface area contributed by atoms with Crippen molar-refractivity contribution >= 4 is 29.3 Å².